The van der Waals surface area contributed by atoms with Crippen molar-refractivity contribution in [3.05, 3.63) is 97.3 Å². The first-order chi connectivity index (χ1) is 11.7. The van der Waals surface area contributed by atoms with Crippen molar-refractivity contribution in [2.75, 3.05) is 0 Å². The highest BCUT2D eigenvalue weighted by Gasteiger charge is 2.14. The molecule has 0 saturated carbocycles. The molecule has 1 heterocycles. The summed E-state index contributed by atoms with van der Waals surface area (Å²) in [6.45, 7) is 16.0. The van der Waals surface area contributed by atoms with Crippen LogP contribution in [-0.2, 0) is 6.42 Å². The van der Waals surface area contributed by atoms with E-state index in [1.54, 1.807) is 6.08 Å². The van der Waals surface area contributed by atoms with Gasteiger partial charge in [-0.2, -0.15) is 0 Å². The Hall–Kier alpha value is -2.80. The van der Waals surface area contributed by atoms with Gasteiger partial charge in [-0.3, -0.25) is 0 Å². The summed E-state index contributed by atoms with van der Waals surface area (Å²) in [7, 11) is 0. The van der Waals surface area contributed by atoms with Crippen LogP contribution in [0.2, 0.25) is 0 Å². The molecule has 0 aliphatic heterocycles. The van der Waals surface area contributed by atoms with E-state index < -0.39 is 0 Å². The largest absolute Gasteiger partial charge is 0.310 e. The van der Waals surface area contributed by atoms with Gasteiger partial charge in [0, 0.05) is 16.8 Å². The first-order valence-electron chi connectivity index (χ1n) is 8.23. The summed E-state index contributed by atoms with van der Waals surface area (Å²) in [5.41, 5.74) is 5.83. The zero-order valence-electron chi connectivity index (χ0n) is 14.6. The summed E-state index contributed by atoms with van der Waals surface area (Å²) in [5.74, 6) is 0. The standard InChI is InChI=1S/C23H25N/c1-6-10-13-18(5)16-17-19(7-2)24-22(9-4)20(8-3)21-14-11-12-15-23(21)24/h6-7,9-17H,1-2,4,8H2,3,5H3/b13-10+,18-16+,19-17+. The molecule has 0 bridgehead atoms. The van der Waals surface area contributed by atoms with E-state index in [4.69, 9.17) is 0 Å². The number of hydrogen-bond donors (Lipinski definition) is 0. The molecule has 1 aromatic carbocycles. The van der Waals surface area contributed by atoms with Crippen molar-refractivity contribution in [2.24, 2.45) is 0 Å². The van der Waals surface area contributed by atoms with Crippen molar-refractivity contribution in [1.29, 1.82) is 0 Å². The monoisotopic (exact) mass is 315 g/mol. The molecule has 0 saturated heterocycles. The van der Waals surface area contributed by atoms with E-state index in [9.17, 15) is 0 Å². The van der Waals surface area contributed by atoms with Crippen LogP contribution < -0.4 is 0 Å². The van der Waals surface area contributed by atoms with Crippen LogP contribution in [0.25, 0.3) is 22.7 Å². The molecule has 0 atom stereocenters. The van der Waals surface area contributed by atoms with E-state index in [-0.39, 0.29) is 0 Å². The number of aromatic nitrogens is 1. The maximum Gasteiger partial charge on any atom is 0.0537 e. The molecule has 0 aliphatic rings. The zero-order chi connectivity index (χ0) is 17.5. The molecule has 0 N–H and O–H groups in total. The first kappa shape index (κ1) is 17.6. The third-order valence-corrected chi connectivity index (χ3v) is 4.05. The molecule has 1 aromatic heterocycles. The highest BCUT2D eigenvalue weighted by Crippen LogP contribution is 2.31. The number of aryl methyl sites for hydroxylation is 1. The van der Waals surface area contributed by atoms with Gasteiger partial charge in [-0.25, -0.2) is 0 Å². The van der Waals surface area contributed by atoms with Gasteiger partial charge in [-0.05, 0) is 43.2 Å². The molecule has 2 rings (SSSR count). The Balaban J connectivity index is 2.68. The second kappa shape index (κ2) is 8.16. The molecule has 122 valence electrons. The predicted octanol–water partition coefficient (Wildman–Crippen LogP) is 6.56. The molecule has 1 nitrogen and oxygen atoms in total. The third kappa shape index (κ3) is 3.41. The predicted molar refractivity (Wildman–Crippen MR) is 109 cm³/mol. The van der Waals surface area contributed by atoms with E-state index in [0.717, 1.165) is 23.4 Å². The number of allylic oxidation sites excluding steroid dienone is 8. The molecule has 1 heteroatoms. The average Bonchev–Trinajstić information content (AvgIpc) is 2.94. The van der Waals surface area contributed by atoms with Crippen LogP contribution in [0.3, 0.4) is 0 Å². The fourth-order valence-electron chi connectivity index (χ4n) is 2.92. The molecule has 24 heavy (non-hydrogen) atoms. The second-order valence-corrected chi connectivity index (χ2v) is 5.58. The summed E-state index contributed by atoms with van der Waals surface area (Å²) in [4.78, 5) is 0. The van der Waals surface area contributed by atoms with Gasteiger partial charge in [0.2, 0.25) is 0 Å². The van der Waals surface area contributed by atoms with E-state index in [1.165, 1.54) is 16.5 Å². The van der Waals surface area contributed by atoms with Crippen molar-refractivity contribution in [1.82, 2.24) is 4.57 Å². The Kier molecular flexibility index (Phi) is 5.97. The van der Waals surface area contributed by atoms with E-state index in [1.807, 2.05) is 24.3 Å². The van der Waals surface area contributed by atoms with Crippen molar-refractivity contribution in [2.45, 2.75) is 20.3 Å². The molecule has 0 spiro atoms. The second-order valence-electron chi connectivity index (χ2n) is 5.58. The van der Waals surface area contributed by atoms with Crippen LogP contribution in [0, 0.1) is 0 Å². The maximum absolute atomic E-state index is 4.03. The fraction of sp³-hybridized carbons (Fsp3) is 0.130. The van der Waals surface area contributed by atoms with Crippen LogP contribution >= 0.6 is 0 Å². The lowest BCUT2D eigenvalue weighted by Crippen LogP contribution is -1.98. The topological polar surface area (TPSA) is 4.93 Å². The molecule has 0 amide bonds. The number of fused-ring (bicyclic) bond motifs is 1. The van der Waals surface area contributed by atoms with Crippen LogP contribution in [-0.4, -0.2) is 4.57 Å². The first-order valence-corrected chi connectivity index (χ1v) is 8.23. The highest BCUT2D eigenvalue weighted by molar-refractivity contribution is 5.92. The number of para-hydroxylation sites is 1. The average molecular weight is 315 g/mol. The minimum absolute atomic E-state index is 0.968. The molecule has 0 unspecified atom stereocenters. The molecule has 0 fully saturated rings. The Bertz CT molecular complexity index is 854. The number of benzene rings is 1. The Morgan fingerprint density at radius 1 is 1.12 bits per heavy atom. The minimum Gasteiger partial charge on any atom is -0.310 e. The van der Waals surface area contributed by atoms with Crippen LogP contribution in [0.5, 0.6) is 0 Å². The van der Waals surface area contributed by atoms with Gasteiger partial charge in [0.1, 0.15) is 0 Å². The third-order valence-electron chi connectivity index (χ3n) is 4.05. The zero-order valence-corrected chi connectivity index (χ0v) is 14.6. The molecule has 2 aromatic rings. The summed E-state index contributed by atoms with van der Waals surface area (Å²) in [5, 5.41) is 1.27. The Morgan fingerprint density at radius 2 is 1.88 bits per heavy atom. The molecular weight excluding hydrogens is 290 g/mol. The quantitative estimate of drug-likeness (QED) is 0.510. The SMILES string of the molecule is C=C/C=C/C(C)=C/C=C(\C=C)n1c(C=C)c(CC)c2ccccc21. The van der Waals surface area contributed by atoms with Gasteiger partial charge in [-0.15, -0.1) is 0 Å². The van der Waals surface area contributed by atoms with Gasteiger partial charge >= 0.3 is 0 Å². The summed E-state index contributed by atoms with van der Waals surface area (Å²) in [6.07, 6.45) is 14.7. The van der Waals surface area contributed by atoms with Crippen LogP contribution in [0.15, 0.2) is 86.0 Å². The van der Waals surface area contributed by atoms with Gasteiger partial charge in [0.05, 0.1) is 5.52 Å². The van der Waals surface area contributed by atoms with Crippen molar-refractivity contribution in [3.8, 4) is 0 Å². The van der Waals surface area contributed by atoms with E-state index >= 15 is 0 Å². The van der Waals surface area contributed by atoms with Crippen molar-refractivity contribution < 1.29 is 0 Å². The Labute approximate surface area is 145 Å². The maximum atomic E-state index is 4.03. The van der Waals surface area contributed by atoms with Crippen molar-refractivity contribution in [3.63, 3.8) is 0 Å². The van der Waals surface area contributed by atoms with Crippen molar-refractivity contribution >= 4 is 22.7 Å². The highest BCUT2D eigenvalue weighted by atomic mass is 15.0. The van der Waals surface area contributed by atoms with Crippen LogP contribution in [0.1, 0.15) is 25.1 Å². The van der Waals surface area contributed by atoms with Gasteiger partial charge in [0.15, 0.2) is 0 Å². The van der Waals surface area contributed by atoms with Crippen LogP contribution in [0.4, 0.5) is 0 Å². The van der Waals surface area contributed by atoms with E-state index in [0.29, 0.717) is 0 Å². The lowest BCUT2D eigenvalue weighted by atomic mass is 10.1. The minimum atomic E-state index is 0.968. The lowest BCUT2D eigenvalue weighted by Gasteiger charge is -2.10. The Morgan fingerprint density at radius 3 is 2.50 bits per heavy atom. The summed E-state index contributed by atoms with van der Waals surface area (Å²) < 4.78 is 2.23. The molecule has 0 aliphatic carbocycles. The van der Waals surface area contributed by atoms with E-state index in [2.05, 4.69) is 74.6 Å². The smallest absolute Gasteiger partial charge is 0.0537 e. The fourth-order valence-corrected chi connectivity index (χ4v) is 2.92. The van der Waals surface area contributed by atoms with Gasteiger partial charge in [-0.1, -0.05) is 74.7 Å². The molecular formula is C23H25N. The number of rotatable bonds is 7. The number of hydrogen-bond acceptors (Lipinski definition) is 0. The summed E-state index contributed by atoms with van der Waals surface area (Å²) >= 11 is 0. The van der Waals surface area contributed by atoms with Gasteiger partial charge < -0.3 is 4.57 Å². The number of nitrogens with zero attached hydrogens (tertiary/aromatic N) is 1. The summed E-state index contributed by atoms with van der Waals surface area (Å²) in [6, 6.07) is 8.47. The molecule has 0 radical (unpaired) electrons. The lowest BCUT2D eigenvalue weighted by molar-refractivity contribution is 1.09. The van der Waals surface area contributed by atoms with Gasteiger partial charge in [0.25, 0.3) is 0 Å². The normalized spacial score (nSPS) is 12.8.